The summed E-state index contributed by atoms with van der Waals surface area (Å²) < 4.78 is 28.0. The number of ether oxygens (including phenoxy) is 5. The number of anilines is 1. The number of hydrogen-bond acceptors (Lipinski definition) is 7. The van der Waals surface area contributed by atoms with Gasteiger partial charge in [0, 0.05) is 31.0 Å². The normalized spacial score (nSPS) is 32.3. The zero-order valence-electron chi connectivity index (χ0n) is 18.5. The first-order valence-electron chi connectivity index (χ1n) is 10.9. The first kappa shape index (κ1) is 21.1. The molecular weight excluding hydrogens is 416 g/mol. The quantitative estimate of drug-likeness (QED) is 0.639. The number of carbonyl (C=O) groups is 2. The smallest absolute Gasteiger partial charge is 0.231 e. The van der Waals surface area contributed by atoms with Crippen LogP contribution in [0.15, 0.2) is 24.3 Å². The van der Waals surface area contributed by atoms with Crippen molar-refractivity contribution in [2.75, 3.05) is 46.3 Å². The molecule has 1 spiro atoms. The molecule has 0 aliphatic carbocycles. The van der Waals surface area contributed by atoms with Crippen molar-refractivity contribution in [3.05, 3.63) is 24.3 Å². The predicted octanol–water partition coefficient (Wildman–Crippen LogP) is 1.61. The Kier molecular flexibility index (Phi) is 5.25. The Morgan fingerprint density at radius 2 is 1.97 bits per heavy atom. The zero-order valence-corrected chi connectivity index (χ0v) is 18.5. The fraction of sp³-hybridized carbons (Fsp3) is 0.565. The van der Waals surface area contributed by atoms with Crippen LogP contribution in [0.5, 0.6) is 17.2 Å². The summed E-state index contributed by atoms with van der Waals surface area (Å²) in [5.74, 6) is -0.161. The van der Waals surface area contributed by atoms with E-state index in [-0.39, 0.29) is 17.9 Å². The van der Waals surface area contributed by atoms with Gasteiger partial charge in [-0.05, 0) is 12.8 Å². The average molecular weight is 444 g/mol. The number of amides is 2. The molecule has 3 fully saturated rings. The van der Waals surface area contributed by atoms with Gasteiger partial charge in [-0.2, -0.15) is 0 Å². The molecule has 3 saturated heterocycles. The van der Waals surface area contributed by atoms with Crippen molar-refractivity contribution in [1.29, 1.82) is 0 Å². The summed E-state index contributed by atoms with van der Waals surface area (Å²) in [6, 6.07) is 3.33. The van der Waals surface area contributed by atoms with Crippen LogP contribution in [0.4, 0.5) is 5.69 Å². The summed E-state index contributed by atoms with van der Waals surface area (Å²) in [6.07, 6.45) is 5.46. The number of rotatable bonds is 7. The molecule has 2 amide bonds. The highest BCUT2D eigenvalue weighted by Crippen LogP contribution is 2.52. The maximum atomic E-state index is 13.4. The molecule has 4 aliphatic rings. The van der Waals surface area contributed by atoms with Gasteiger partial charge < -0.3 is 33.9 Å². The second-order valence-corrected chi connectivity index (χ2v) is 8.66. The van der Waals surface area contributed by atoms with Crippen LogP contribution in [0, 0.1) is 11.8 Å². The Hall–Kier alpha value is -2.78. The molecule has 172 valence electrons. The van der Waals surface area contributed by atoms with Gasteiger partial charge in [0.05, 0.1) is 51.9 Å². The fourth-order valence-electron chi connectivity index (χ4n) is 5.45. The minimum Gasteiger partial charge on any atom is -0.493 e. The molecule has 1 aromatic rings. The van der Waals surface area contributed by atoms with E-state index in [2.05, 4.69) is 5.32 Å². The zero-order chi connectivity index (χ0) is 22.5. The lowest BCUT2D eigenvalue weighted by Crippen LogP contribution is -2.42. The molecule has 0 saturated carbocycles. The third-order valence-electron chi connectivity index (χ3n) is 6.86. The van der Waals surface area contributed by atoms with Crippen LogP contribution in [0.2, 0.25) is 0 Å². The lowest BCUT2D eigenvalue weighted by Gasteiger charge is -2.24. The molecule has 4 heterocycles. The predicted molar refractivity (Wildman–Crippen MR) is 114 cm³/mol. The number of nitrogens with one attached hydrogen (secondary N) is 1. The van der Waals surface area contributed by atoms with Gasteiger partial charge in [0.2, 0.25) is 17.6 Å². The molecule has 9 nitrogen and oxygen atoms in total. The highest BCUT2D eigenvalue weighted by atomic mass is 16.5. The second kappa shape index (κ2) is 7.97. The largest absolute Gasteiger partial charge is 0.493 e. The van der Waals surface area contributed by atoms with Gasteiger partial charge in [0.15, 0.2) is 11.5 Å². The van der Waals surface area contributed by atoms with Crippen LogP contribution in [0.3, 0.4) is 0 Å². The van der Waals surface area contributed by atoms with Crippen LogP contribution in [-0.2, 0) is 19.1 Å². The van der Waals surface area contributed by atoms with E-state index in [0.717, 1.165) is 19.4 Å². The monoisotopic (exact) mass is 444 g/mol. The third-order valence-corrected chi connectivity index (χ3v) is 6.86. The molecule has 1 N–H and O–H groups in total. The number of carbonyl (C=O) groups excluding carboxylic acids is 2. The van der Waals surface area contributed by atoms with Crippen LogP contribution in [0.25, 0.3) is 0 Å². The molecule has 0 aromatic heterocycles. The minimum absolute atomic E-state index is 0.0441. The summed E-state index contributed by atoms with van der Waals surface area (Å²) in [5.41, 5.74) is -0.246. The van der Waals surface area contributed by atoms with E-state index in [1.807, 2.05) is 12.2 Å². The van der Waals surface area contributed by atoms with Crippen molar-refractivity contribution < 1.29 is 33.3 Å². The summed E-state index contributed by atoms with van der Waals surface area (Å²) in [7, 11) is 4.55. The molecule has 5 atom stereocenters. The molecular formula is C23H28N2O7. The third kappa shape index (κ3) is 3.22. The van der Waals surface area contributed by atoms with Gasteiger partial charge in [0.1, 0.15) is 5.60 Å². The lowest BCUT2D eigenvalue weighted by atomic mass is 9.77. The topological polar surface area (TPSA) is 95.6 Å². The Morgan fingerprint density at radius 1 is 1.22 bits per heavy atom. The first-order chi connectivity index (χ1) is 15.5. The van der Waals surface area contributed by atoms with Crippen molar-refractivity contribution in [2.45, 2.75) is 30.7 Å². The Morgan fingerprint density at radius 3 is 2.59 bits per heavy atom. The highest BCUT2D eigenvalue weighted by molar-refractivity contribution is 5.99. The van der Waals surface area contributed by atoms with Crippen LogP contribution < -0.4 is 19.5 Å². The number of benzene rings is 1. The van der Waals surface area contributed by atoms with E-state index in [0.29, 0.717) is 36.0 Å². The molecule has 32 heavy (non-hydrogen) atoms. The van der Waals surface area contributed by atoms with Crippen molar-refractivity contribution >= 4 is 17.5 Å². The standard InChI is InChI=1S/C23H28N2O7/c1-28-16-9-13(10-17(29-2)20(16)30-3)24-21(26)18-15-6-7-23(32-15)12-25(22(27)19(18)23)11-14-5-4-8-31-14/h6-7,9-10,14-15,18-19H,4-5,8,11-12H2,1-3H3,(H,24,26)/t14-,15+,18+,19+,23+/m1/s1. The van der Waals surface area contributed by atoms with Gasteiger partial charge in [-0.3, -0.25) is 9.59 Å². The molecule has 9 heteroatoms. The van der Waals surface area contributed by atoms with Gasteiger partial charge in [0.25, 0.3) is 0 Å². The van der Waals surface area contributed by atoms with E-state index in [9.17, 15) is 9.59 Å². The molecule has 2 bridgehead atoms. The summed E-state index contributed by atoms with van der Waals surface area (Å²) >= 11 is 0. The Labute approximate surface area is 186 Å². The maximum Gasteiger partial charge on any atom is 0.231 e. The van der Waals surface area contributed by atoms with Crippen LogP contribution >= 0.6 is 0 Å². The van der Waals surface area contributed by atoms with E-state index in [4.69, 9.17) is 23.7 Å². The van der Waals surface area contributed by atoms with Gasteiger partial charge in [-0.25, -0.2) is 0 Å². The average Bonchev–Trinajstić information content (AvgIpc) is 3.56. The summed E-state index contributed by atoms with van der Waals surface area (Å²) in [4.78, 5) is 28.5. The van der Waals surface area contributed by atoms with E-state index in [1.54, 1.807) is 17.0 Å². The molecule has 4 aliphatic heterocycles. The lowest BCUT2D eigenvalue weighted by molar-refractivity contribution is -0.136. The van der Waals surface area contributed by atoms with Gasteiger partial charge in [-0.1, -0.05) is 12.2 Å². The molecule has 5 rings (SSSR count). The Bertz CT molecular complexity index is 933. The summed E-state index contributed by atoms with van der Waals surface area (Å²) in [6.45, 7) is 1.73. The van der Waals surface area contributed by atoms with Crippen molar-refractivity contribution in [3.63, 3.8) is 0 Å². The van der Waals surface area contributed by atoms with Crippen LogP contribution in [-0.4, -0.2) is 75.5 Å². The van der Waals surface area contributed by atoms with Crippen molar-refractivity contribution in [2.24, 2.45) is 11.8 Å². The number of fused-ring (bicyclic) bond motifs is 1. The summed E-state index contributed by atoms with van der Waals surface area (Å²) in [5, 5.41) is 2.92. The SMILES string of the molecule is COc1cc(NC(=O)[C@H]2[C@@H]3C=C[C@@]4(CN(C[C@H]5CCCO5)C(=O)[C@H]24)O3)cc(OC)c1OC. The van der Waals surface area contributed by atoms with E-state index < -0.39 is 23.5 Å². The van der Waals surface area contributed by atoms with Crippen LogP contribution in [0.1, 0.15) is 12.8 Å². The van der Waals surface area contributed by atoms with Gasteiger partial charge >= 0.3 is 0 Å². The second-order valence-electron chi connectivity index (χ2n) is 8.66. The molecule has 1 aromatic carbocycles. The molecule has 0 radical (unpaired) electrons. The van der Waals surface area contributed by atoms with E-state index >= 15 is 0 Å². The van der Waals surface area contributed by atoms with Gasteiger partial charge in [-0.15, -0.1) is 0 Å². The molecule has 0 unspecified atom stereocenters. The van der Waals surface area contributed by atoms with Crippen molar-refractivity contribution in [1.82, 2.24) is 4.90 Å². The Balaban J connectivity index is 1.37. The highest BCUT2D eigenvalue weighted by Gasteiger charge is 2.66. The number of hydrogen-bond donors (Lipinski definition) is 1. The first-order valence-corrected chi connectivity index (χ1v) is 10.9. The van der Waals surface area contributed by atoms with E-state index in [1.165, 1.54) is 21.3 Å². The number of likely N-dealkylation sites (tertiary alicyclic amines) is 1. The maximum absolute atomic E-state index is 13.4. The fourth-order valence-corrected chi connectivity index (χ4v) is 5.45. The van der Waals surface area contributed by atoms with Crippen molar-refractivity contribution in [3.8, 4) is 17.2 Å². The number of nitrogens with zero attached hydrogens (tertiary/aromatic N) is 1. The number of methoxy groups -OCH3 is 3. The minimum atomic E-state index is -0.738.